The van der Waals surface area contributed by atoms with Gasteiger partial charge in [-0.15, -0.1) is 0 Å². The molecule has 0 amide bonds. The molecule has 0 aliphatic heterocycles. The highest BCUT2D eigenvalue weighted by Gasteiger charge is 2.15. The van der Waals surface area contributed by atoms with Crippen LogP contribution in [0.2, 0.25) is 5.02 Å². The molecule has 0 spiro atoms. The van der Waals surface area contributed by atoms with Crippen LogP contribution < -0.4 is 5.11 Å². The number of hydrogen-bond acceptors (Lipinski definition) is 4. The third-order valence-electron chi connectivity index (χ3n) is 3.49. The first kappa shape index (κ1) is 15.9. The van der Waals surface area contributed by atoms with Crippen LogP contribution in [0, 0.1) is 0 Å². The van der Waals surface area contributed by atoms with E-state index in [1.54, 1.807) is 42.5 Å². The number of pyridine rings is 1. The van der Waals surface area contributed by atoms with Gasteiger partial charge in [0.15, 0.2) is 0 Å². The number of halogens is 1. The highest BCUT2D eigenvalue weighted by Crippen LogP contribution is 2.22. The number of benzene rings is 2. The number of carbonyl (C=O) groups is 2. The molecule has 3 aromatic rings. The normalized spacial score (nSPS) is 11.5. The lowest BCUT2D eigenvalue weighted by Gasteiger charge is -2.09. The van der Waals surface area contributed by atoms with Crippen molar-refractivity contribution < 1.29 is 14.7 Å². The van der Waals surface area contributed by atoms with Gasteiger partial charge in [0, 0.05) is 10.4 Å². The van der Waals surface area contributed by atoms with Gasteiger partial charge in [0.1, 0.15) is 5.97 Å². The fourth-order valence-corrected chi connectivity index (χ4v) is 2.43. The third-order valence-corrected chi connectivity index (χ3v) is 3.74. The quantitative estimate of drug-likeness (QED) is 0.542. The molecule has 24 heavy (non-hydrogen) atoms. The smallest absolute Gasteiger partial charge is 0.210 e. The molecule has 0 radical (unpaired) electrons. The van der Waals surface area contributed by atoms with Gasteiger partial charge in [-0.3, -0.25) is 4.79 Å². The van der Waals surface area contributed by atoms with Gasteiger partial charge in [0.25, 0.3) is 0 Å². The Morgan fingerprint density at radius 3 is 2.38 bits per heavy atom. The Bertz CT molecular complexity index is 962. The molecule has 0 unspecified atom stereocenters. The van der Waals surface area contributed by atoms with Crippen LogP contribution in [0.3, 0.4) is 0 Å². The molecule has 5 heteroatoms. The van der Waals surface area contributed by atoms with Crippen LogP contribution in [0.4, 0.5) is 0 Å². The zero-order valence-corrected chi connectivity index (χ0v) is 13.2. The van der Waals surface area contributed by atoms with E-state index in [4.69, 9.17) is 11.6 Å². The average molecular weight is 337 g/mol. The SMILES string of the molecule is O=C([O-])C(=O)/C(=C/c1ccc(Cl)cc1)c1ccc2ccccc2n1. The molecule has 0 aliphatic rings. The molecule has 0 N–H and O–H groups in total. The molecule has 0 fully saturated rings. The van der Waals surface area contributed by atoms with E-state index in [-0.39, 0.29) is 11.3 Å². The van der Waals surface area contributed by atoms with Crippen molar-refractivity contribution in [1.29, 1.82) is 0 Å². The van der Waals surface area contributed by atoms with Crippen molar-refractivity contribution in [1.82, 2.24) is 4.98 Å². The summed E-state index contributed by atoms with van der Waals surface area (Å²) in [4.78, 5) is 27.5. The minimum absolute atomic E-state index is 0.0388. The molecule has 0 bridgehead atoms. The predicted octanol–water partition coefficient (Wildman–Crippen LogP) is 2.75. The lowest BCUT2D eigenvalue weighted by molar-refractivity contribution is -0.299. The second kappa shape index (κ2) is 6.64. The van der Waals surface area contributed by atoms with Gasteiger partial charge in [0.05, 0.1) is 16.8 Å². The molecule has 0 saturated heterocycles. The Labute approximate surface area is 143 Å². The monoisotopic (exact) mass is 336 g/mol. The fraction of sp³-hybridized carbons (Fsp3) is 0. The first-order chi connectivity index (χ1) is 11.5. The minimum atomic E-state index is -1.77. The molecule has 0 aliphatic carbocycles. The first-order valence-electron chi connectivity index (χ1n) is 7.14. The first-order valence-corrected chi connectivity index (χ1v) is 7.51. The summed E-state index contributed by atoms with van der Waals surface area (Å²) in [7, 11) is 0. The van der Waals surface area contributed by atoms with Gasteiger partial charge < -0.3 is 9.90 Å². The van der Waals surface area contributed by atoms with Crippen LogP contribution >= 0.6 is 11.6 Å². The Kier molecular flexibility index (Phi) is 4.40. The molecule has 0 atom stereocenters. The van der Waals surface area contributed by atoms with E-state index < -0.39 is 11.8 Å². The summed E-state index contributed by atoms with van der Waals surface area (Å²) in [5.74, 6) is -2.89. The number of fused-ring (bicyclic) bond motifs is 1. The van der Waals surface area contributed by atoms with Gasteiger partial charge >= 0.3 is 0 Å². The number of carboxylic acid groups (broad SMARTS) is 1. The molecule has 118 valence electrons. The fourth-order valence-electron chi connectivity index (χ4n) is 2.31. The standard InChI is InChI=1S/C19H12ClNO3/c20-14-8-5-12(6-9-14)11-15(18(22)19(23)24)17-10-7-13-3-1-2-4-16(13)21-17/h1-11H,(H,23,24)/p-1/b15-11+. The molecular formula is C19H11ClNO3-. The molecular weight excluding hydrogens is 326 g/mol. The Morgan fingerprint density at radius 1 is 0.958 bits per heavy atom. The number of para-hydroxylation sites is 1. The molecule has 1 heterocycles. The summed E-state index contributed by atoms with van der Waals surface area (Å²) in [6.07, 6.45) is 1.46. The summed E-state index contributed by atoms with van der Waals surface area (Å²) >= 11 is 5.84. The second-order valence-corrected chi connectivity index (χ2v) is 5.55. The number of aliphatic carboxylic acids is 1. The minimum Gasteiger partial charge on any atom is -0.541 e. The molecule has 1 aromatic heterocycles. The number of aromatic nitrogens is 1. The van der Waals surface area contributed by atoms with Crippen LogP contribution in [0.5, 0.6) is 0 Å². The number of rotatable bonds is 4. The predicted molar refractivity (Wildman–Crippen MR) is 91.1 cm³/mol. The molecule has 0 saturated carbocycles. The summed E-state index contributed by atoms with van der Waals surface area (Å²) < 4.78 is 0. The van der Waals surface area contributed by atoms with Crippen molar-refractivity contribution in [2.24, 2.45) is 0 Å². The number of nitrogens with zero attached hydrogens (tertiary/aromatic N) is 1. The lowest BCUT2D eigenvalue weighted by atomic mass is 10.0. The summed E-state index contributed by atoms with van der Waals surface area (Å²) in [5, 5.41) is 12.5. The number of hydrogen-bond donors (Lipinski definition) is 0. The topological polar surface area (TPSA) is 70.1 Å². The zero-order valence-electron chi connectivity index (χ0n) is 12.4. The largest absolute Gasteiger partial charge is 0.541 e. The van der Waals surface area contributed by atoms with Gasteiger partial charge in [0.2, 0.25) is 5.78 Å². The summed E-state index contributed by atoms with van der Waals surface area (Å²) in [5.41, 5.74) is 1.54. The summed E-state index contributed by atoms with van der Waals surface area (Å²) in [6, 6.07) is 17.5. The maximum atomic E-state index is 12.1. The maximum Gasteiger partial charge on any atom is 0.210 e. The van der Waals surface area contributed by atoms with Gasteiger partial charge in [-0.25, -0.2) is 4.98 Å². The molecule has 3 rings (SSSR count). The van der Waals surface area contributed by atoms with Gasteiger partial charge in [-0.05, 0) is 35.9 Å². The van der Waals surface area contributed by atoms with Crippen LogP contribution in [-0.4, -0.2) is 16.7 Å². The van der Waals surface area contributed by atoms with Crippen LogP contribution in [0.25, 0.3) is 22.6 Å². The van der Waals surface area contributed by atoms with Gasteiger partial charge in [-0.2, -0.15) is 0 Å². The van der Waals surface area contributed by atoms with Crippen molar-refractivity contribution >= 4 is 45.9 Å². The van der Waals surface area contributed by atoms with E-state index in [9.17, 15) is 14.7 Å². The number of carbonyl (C=O) groups excluding carboxylic acids is 2. The molecule has 4 nitrogen and oxygen atoms in total. The Balaban J connectivity index is 2.14. The second-order valence-electron chi connectivity index (χ2n) is 5.12. The zero-order chi connectivity index (χ0) is 17.1. The van der Waals surface area contributed by atoms with E-state index in [0.29, 0.717) is 16.1 Å². The van der Waals surface area contributed by atoms with E-state index in [1.165, 1.54) is 6.08 Å². The van der Waals surface area contributed by atoms with Crippen LogP contribution in [0.1, 0.15) is 11.3 Å². The van der Waals surface area contributed by atoms with Crippen molar-refractivity contribution in [3.63, 3.8) is 0 Å². The Hall–Kier alpha value is -2.98. The third kappa shape index (κ3) is 3.34. The van der Waals surface area contributed by atoms with Crippen molar-refractivity contribution in [2.75, 3.05) is 0 Å². The van der Waals surface area contributed by atoms with Crippen molar-refractivity contribution in [2.45, 2.75) is 0 Å². The summed E-state index contributed by atoms with van der Waals surface area (Å²) in [6.45, 7) is 0. The Morgan fingerprint density at radius 2 is 1.67 bits per heavy atom. The molecule has 2 aromatic carbocycles. The number of Topliss-reactive ketones (excluding diaryl/α,β-unsaturated/α-hetero) is 1. The van der Waals surface area contributed by atoms with Crippen LogP contribution in [-0.2, 0) is 9.59 Å². The van der Waals surface area contributed by atoms with Crippen LogP contribution in [0.15, 0.2) is 60.7 Å². The van der Waals surface area contributed by atoms with E-state index >= 15 is 0 Å². The average Bonchev–Trinajstić information content (AvgIpc) is 2.60. The van der Waals surface area contributed by atoms with Gasteiger partial charge in [-0.1, -0.05) is 48.0 Å². The highest BCUT2D eigenvalue weighted by atomic mass is 35.5. The number of ketones is 1. The van der Waals surface area contributed by atoms with Crippen molar-refractivity contribution in [3.05, 3.63) is 76.9 Å². The van der Waals surface area contributed by atoms with E-state index in [1.807, 2.05) is 18.2 Å². The van der Waals surface area contributed by atoms with E-state index in [2.05, 4.69) is 4.98 Å². The van der Waals surface area contributed by atoms with Crippen molar-refractivity contribution in [3.8, 4) is 0 Å². The highest BCUT2D eigenvalue weighted by molar-refractivity contribution is 6.52. The lowest BCUT2D eigenvalue weighted by Crippen LogP contribution is -2.32. The number of carboxylic acids is 1. The van der Waals surface area contributed by atoms with E-state index in [0.717, 1.165) is 5.39 Å². The maximum absolute atomic E-state index is 12.1.